The fourth-order valence-electron chi connectivity index (χ4n) is 1.15. The Balaban J connectivity index is 2.30. The average molecular weight is 155 g/mol. The van der Waals surface area contributed by atoms with Crippen molar-refractivity contribution in [3.8, 4) is 0 Å². The van der Waals surface area contributed by atoms with Crippen LogP contribution in [0.25, 0.3) is 0 Å². The minimum absolute atomic E-state index is 0.124. The first-order valence-corrected chi connectivity index (χ1v) is 3.82. The molecule has 0 saturated heterocycles. The van der Waals surface area contributed by atoms with E-state index >= 15 is 0 Å². The quantitative estimate of drug-likeness (QED) is 0.538. The summed E-state index contributed by atoms with van der Waals surface area (Å²) in [7, 11) is 0. The highest BCUT2D eigenvalue weighted by atomic mass is 16.1. The molecule has 0 amide bonds. The van der Waals surface area contributed by atoms with Gasteiger partial charge in [-0.15, -0.1) is 0 Å². The molecule has 0 bridgehead atoms. The molecular weight excluding hydrogens is 142 g/mol. The van der Waals surface area contributed by atoms with Crippen LogP contribution in [0.1, 0.15) is 12.8 Å². The highest BCUT2D eigenvalue weighted by Crippen LogP contribution is 2.11. The molecule has 0 spiro atoms. The largest absolute Gasteiger partial charge is 0.330 e. The van der Waals surface area contributed by atoms with Crippen molar-refractivity contribution in [1.29, 1.82) is 0 Å². The van der Waals surface area contributed by atoms with E-state index in [1.165, 1.54) is 0 Å². The van der Waals surface area contributed by atoms with Crippen molar-refractivity contribution in [2.75, 3.05) is 6.54 Å². The number of hydrogen-bond donors (Lipinski definition) is 2. The molecule has 0 aromatic heterocycles. The lowest BCUT2D eigenvalue weighted by Gasteiger charge is -2.10. The Labute approximate surface area is 65.8 Å². The third-order valence-corrected chi connectivity index (χ3v) is 1.84. The SMILES string of the molecule is NCCCC1C=NNC1C=O. The van der Waals surface area contributed by atoms with E-state index in [1.807, 2.05) is 0 Å². The van der Waals surface area contributed by atoms with E-state index in [-0.39, 0.29) is 12.0 Å². The van der Waals surface area contributed by atoms with Crippen LogP contribution in [0, 0.1) is 5.92 Å². The number of nitrogens with two attached hydrogens (primary N) is 1. The summed E-state index contributed by atoms with van der Waals surface area (Å²) in [5, 5.41) is 3.82. The second-order valence-electron chi connectivity index (χ2n) is 2.66. The second-order valence-corrected chi connectivity index (χ2v) is 2.66. The monoisotopic (exact) mass is 155 g/mol. The molecule has 0 aromatic carbocycles. The van der Waals surface area contributed by atoms with Crippen molar-refractivity contribution >= 4 is 12.5 Å². The van der Waals surface area contributed by atoms with Crippen LogP contribution in [-0.4, -0.2) is 25.1 Å². The number of nitrogens with zero attached hydrogens (tertiary/aromatic N) is 1. The van der Waals surface area contributed by atoms with Crippen molar-refractivity contribution in [3.05, 3.63) is 0 Å². The van der Waals surface area contributed by atoms with Crippen LogP contribution in [0.5, 0.6) is 0 Å². The number of hydrogen-bond acceptors (Lipinski definition) is 4. The highest BCUT2D eigenvalue weighted by Gasteiger charge is 2.21. The zero-order valence-corrected chi connectivity index (χ0v) is 6.36. The van der Waals surface area contributed by atoms with Crippen LogP contribution in [0.15, 0.2) is 5.10 Å². The van der Waals surface area contributed by atoms with E-state index in [0.29, 0.717) is 6.54 Å². The van der Waals surface area contributed by atoms with E-state index in [0.717, 1.165) is 19.1 Å². The lowest BCUT2D eigenvalue weighted by Crippen LogP contribution is -2.29. The van der Waals surface area contributed by atoms with Gasteiger partial charge < -0.3 is 10.5 Å². The van der Waals surface area contributed by atoms with Gasteiger partial charge in [0.25, 0.3) is 0 Å². The molecule has 4 nitrogen and oxygen atoms in total. The average Bonchev–Trinajstić information content (AvgIpc) is 2.47. The lowest BCUT2D eigenvalue weighted by molar-refractivity contribution is -0.110. The van der Waals surface area contributed by atoms with Gasteiger partial charge in [0.05, 0.1) is 0 Å². The minimum Gasteiger partial charge on any atom is -0.330 e. The highest BCUT2D eigenvalue weighted by molar-refractivity contribution is 5.73. The van der Waals surface area contributed by atoms with Crippen LogP contribution in [0.2, 0.25) is 0 Å². The molecule has 2 atom stereocenters. The number of nitrogens with one attached hydrogen (secondary N) is 1. The van der Waals surface area contributed by atoms with Gasteiger partial charge in [0.15, 0.2) is 0 Å². The Bertz CT molecular complexity index is 158. The second kappa shape index (κ2) is 4.08. The first-order chi connectivity index (χ1) is 5.38. The maximum Gasteiger partial charge on any atom is 0.144 e. The van der Waals surface area contributed by atoms with Gasteiger partial charge in [0.1, 0.15) is 12.3 Å². The molecule has 0 radical (unpaired) electrons. The fraction of sp³-hybridized carbons (Fsp3) is 0.714. The Morgan fingerprint density at radius 1 is 1.73 bits per heavy atom. The van der Waals surface area contributed by atoms with Gasteiger partial charge in [-0.1, -0.05) is 0 Å². The van der Waals surface area contributed by atoms with Crippen molar-refractivity contribution < 1.29 is 4.79 Å². The van der Waals surface area contributed by atoms with Gasteiger partial charge in [-0.3, -0.25) is 5.43 Å². The Morgan fingerprint density at radius 3 is 3.18 bits per heavy atom. The number of hydrazone groups is 1. The molecule has 0 saturated carbocycles. The maximum atomic E-state index is 10.4. The zero-order chi connectivity index (χ0) is 8.10. The molecule has 3 N–H and O–H groups in total. The third-order valence-electron chi connectivity index (χ3n) is 1.84. The van der Waals surface area contributed by atoms with Crippen molar-refractivity contribution in [1.82, 2.24) is 5.43 Å². The Morgan fingerprint density at radius 2 is 2.55 bits per heavy atom. The van der Waals surface area contributed by atoms with Gasteiger partial charge in [0.2, 0.25) is 0 Å². The molecule has 2 unspecified atom stereocenters. The molecule has 11 heavy (non-hydrogen) atoms. The molecule has 1 rings (SSSR count). The summed E-state index contributed by atoms with van der Waals surface area (Å²) in [6, 6.07) is -0.124. The molecule has 0 aliphatic carbocycles. The van der Waals surface area contributed by atoms with Crippen molar-refractivity contribution in [3.63, 3.8) is 0 Å². The van der Waals surface area contributed by atoms with E-state index in [2.05, 4.69) is 10.5 Å². The fourth-order valence-corrected chi connectivity index (χ4v) is 1.15. The normalized spacial score (nSPS) is 28.5. The number of carbonyl (C=O) groups is 1. The maximum absolute atomic E-state index is 10.4. The first-order valence-electron chi connectivity index (χ1n) is 3.82. The van der Waals surface area contributed by atoms with Gasteiger partial charge in [-0.25, -0.2) is 0 Å². The molecule has 0 aromatic rings. The Kier molecular flexibility index (Phi) is 3.04. The summed E-state index contributed by atoms with van der Waals surface area (Å²) >= 11 is 0. The predicted octanol–water partition coefficient (Wildman–Crippen LogP) is -0.502. The van der Waals surface area contributed by atoms with Crippen molar-refractivity contribution in [2.45, 2.75) is 18.9 Å². The molecule has 1 heterocycles. The number of aldehydes is 1. The van der Waals surface area contributed by atoms with Crippen LogP contribution in [0.3, 0.4) is 0 Å². The summed E-state index contributed by atoms with van der Waals surface area (Å²) in [6.07, 6.45) is 4.57. The van der Waals surface area contributed by atoms with Gasteiger partial charge in [0, 0.05) is 12.1 Å². The summed E-state index contributed by atoms with van der Waals surface area (Å²) in [4.78, 5) is 10.4. The van der Waals surface area contributed by atoms with E-state index in [4.69, 9.17) is 5.73 Å². The van der Waals surface area contributed by atoms with Gasteiger partial charge in [-0.05, 0) is 19.4 Å². The zero-order valence-electron chi connectivity index (χ0n) is 6.36. The topological polar surface area (TPSA) is 67.5 Å². The van der Waals surface area contributed by atoms with Crippen LogP contribution < -0.4 is 11.2 Å². The van der Waals surface area contributed by atoms with E-state index in [9.17, 15) is 4.79 Å². The van der Waals surface area contributed by atoms with Crippen LogP contribution in [-0.2, 0) is 4.79 Å². The third kappa shape index (κ3) is 2.01. The molecule has 0 fully saturated rings. The molecular formula is C7H13N3O. The van der Waals surface area contributed by atoms with E-state index in [1.54, 1.807) is 6.21 Å². The Hall–Kier alpha value is -0.900. The van der Waals surface area contributed by atoms with Gasteiger partial charge >= 0.3 is 0 Å². The number of rotatable bonds is 4. The summed E-state index contributed by atoms with van der Waals surface area (Å²) in [5.74, 6) is 0.246. The molecule has 1 aliphatic rings. The smallest absolute Gasteiger partial charge is 0.144 e. The lowest BCUT2D eigenvalue weighted by atomic mass is 9.98. The first kappa shape index (κ1) is 8.20. The van der Waals surface area contributed by atoms with E-state index < -0.39 is 0 Å². The standard InChI is InChI=1S/C7H13N3O/c8-3-1-2-6-4-9-10-7(6)5-11/h4-7,10H,1-3,8H2. The van der Waals surface area contributed by atoms with Gasteiger partial charge in [-0.2, -0.15) is 5.10 Å². The summed E-state index contributed by atoms with van der Waals surface area (Å²) in [5.41, 5.74) is 8.07. The molecule has 1 aliphatic heterocycles. The number of carbonyl (C=O) groups excluding carboxylic acids is 1. The summed E-state index contributed by atoms with van der Waals surface area (Å²) < 4.78 is 0. The molecule has 62 valence electrons. The summed E-state index contributed by atoms with van der Waals surface area (Å²) in [6.45, 7) is 0.677. The van der Waals surface area contributed by atoms with Crippen molar-refractivity contribution in [2.24, 2.45) is 16.8 Å². The van der Waals surface area contributed by atoms with Crippen LogP contribution in [0.4, 0.5) is 0 Å². The predicted molar refractivity (Wildman–Crippen MR) is 43.3 cm³/mol. The van der Waals surface area contributed by atoms with Crippen LogP contribution >= 0.6 is 0 Å². The molecule has 4 heteroatoms. The minimum atomic E-state index is -0.124.